The Hall–Kier alpha value is -2.46. The van der Waals surface area contributed by atoms with Crippen LogP contribution in [0.25, 0.3) is 0 Å². The zero-order valence-electron chi connectivity index (χ0n) is 15.9. The average Bonchev–Trinajstić information content (AvgIpc) is 3.20. The molecule has 0 aliphatic rings. The van der Waals surface area contributed by atoms with Crippen molar-refractivity contribution in [2.24, 2.45) is 0 Å². The fraction of sp³-hybridized carbons (Fsp3) is 0.333. The molecule has 0 saturated heterocycles. The molecule has 2 rings (SSSR count). The molecule has 0 aliphatic heterocycles. The van der Waals surface area contributed by atoms with Crippen molar-refractivity contribution in [3.63, 3.8) is 0 Å². The number of aromatic nitrogens is 1. The Morgan fingerprint density at radius 1 is 1.25 bits per heavy atom. The van der Waals surface area contributed by atoms with Crippen LogP contribution in [0.15, 0.2) is 46.3 Å². The minimum Gasteiger partial charge on any atom is -0.363 e. The summed E-state index contributed by atoms with van der Waals surface area (Å²) in [6.45, 7) is 1.97. The van der Waals surface area contributed by atoms with Crippen LogP contribution in [0.5, 0.6) is 0 Å². The van der Waals surface area contributed by atoms with Gasteiger partial charge in [0.15, 0.2) is 0 Å². The summed E-state index contributed by atoms with van der Waals surface area (Å²) >= 11 is 1.24. The van der Waals surface area contributed by atoms with Crippen LogP contribution in [0.4, 0.5) is 4.79 Å². The smallest absolute Gasteiger partial charge is 0.328 e. The zero-order valence-corrected chi connectivity index (χ0v) is 17.5. The first kappa shape index (κ1) is 21.8. The molecular formula is C18H24N4O4S2. The lowest BCUT2D eigenvalue weighted by molar-refractivity contribution is -0.121. The fourth-order valence-corrected chi connectivity index (χ4v) is 4.80. The molecule has 3 amide bonds. The van der Waals surface area contributed by atoms with Gasteiger partial charge in [-0.3, -0.25) is 4.79 Å². The number of carbonyl (C=O) groups excluding carboxylic acids is 2. The molecule has 1 aromatic heterocycles. The quantitative estimate of drug-likeness (QED) is 0.484. The summed E-state index contributed by atoms with van der Waals surface area (Å²) in [7, 11) is -2.73. The lowest BCUT2D eigenvalue weighted by atomic mass is 10.1. The lowest BCUT2D eigenvalue weighted by Crippen LogP contribution is -2.37. The highest BCUT2D eigenvalue weighted by Crippen LogP contribution is 2.26. The van der Waals surface area contributed by atoms with E-state index in [1.54, 1.807) is 24.6 Å². The molecule has 0 aliphatic carbocycles. The fourth-order valence-electron chi connectivity index (χ4n) is 2.66. The van der Waals surface area contributed by atoms with Crippen LogP contribution in [0, 0.1) is 0 Å². The Bertz CT molecular complexity index is 927. The van der Waals surface area contributed by atoms with Crippen LogP contribution in [-0.4, -0.2) is 38.6 Å². The Morgan fingerprint density at radius 2 is 2.00 bits per heavy atom. The van der Waals surface area contributed by atoms with E-state index < -0.39 is 16.1 Å². The summed E-state index contributed by atoms with van der Waals surface area (Å²) < 4.78 is 27.0. The molecule has 10 heteroatoms. The number of hydrogen-bond acceptors (Lipinski definition) is 5. The Labute approximate surface area is 168 Å². The van der Waals surface area contributed by atoms with Crippen molar-refractivity contribution in [1.29, 1.82) is 0 Å². The van der Waals surface area contributed by atoms with E-state index >= 15 is 0 Å². The van der Waals surface area contributed by atoms with Crippen LogP contribution in [-0.2, 0) is 21.2 Å². The number of thioether (sulfide) groups is 1. The summed E-state index contributed by atoms with van der Waals surface area (Å²) in [5.41, 5.74) is 1.44. The molecular weight excluding hydrogens is 400 g/mol. The molecule has 0 spiro atoms. The van der Waals surface area contributed by atoms with Crippen molar-refractivity contribution >= 4 is 33.7 Å². The van der Waals surface area contributed by atoms with Gasteiger partial charge >= 0.3 is 6.03 Å². The van der Waals surface area contributed by atoms with Crippen LogP contribution < -0.4 is 15.4 Å². The third-order valence-electron chi connectivity index (χ3n) is 4.08. The van der Waals surface area contributed by atoms with Crippen LogP contribution in [0.1, 0.15) is 30.6 Å². The van der Waals surface area contributed by atoms with Crippen molar-refractivity contribution in [2.45, 2.75) is 35.6 Å². The van der Waals surface area contributed by atoms with Gasteiger partial charge in [-0.1, -0.05) is 13.0 Å². The van der Waals surface area contributed by atoms with E-state index in [0.29, 0.717) is 16.9 Å². The highest BCUT2D eigenvalue weighted by molar-refractivity contribution is 7.99. The average molecular weight is 425 g/mol. The molecule has 8 nitrogen and oxygen atoms in total. The number of hydrogen-bond donors (Lipinski definition) is 4. The summed E-state index contributed by atoms with van der Waals surface area (Å²) in [5, 5.41) is 5.15. The molecule has 1 unspecified atom stereocenters. The third-order valence-corrected chi connectivity index (χ3v) is 6.37. The van der Waals surface area contributed by atoms with Crippen LogP contribution in [0.2, 0.25) is 0 Å². The number of amides is 3. The van der Waals surface area contributed by atoms with E-state index in [-0.39, 0.29) is 23.3 Å². The normalized spacial score (nSPS) is 12.2. The van der Waals surface area contributed by atoms with Crippen LogP contribution >= 0.6 is 11.8 Å². The second kappa shape index (κ2) is 9.65. The first-order valence-electron chi connectivity index (χ1n) is 8.64. The number of aromatic amines is 1. The van der Waals surface area contributed by atoms with E-state index in [1.165, 1.54) is 24.9 Å². The lowest BCUT2D eigenvalue weighted by Gasteiger charge is -2.16. The number of H-pyrrole nitrogens is 1. The van der Waals surface area contributed by atoms with Gasteiger partial charge in [-0.25, -0.2) is 17.9 Å². The minimum absolute atomic E-state index is 0.0222. The van der Waals surface area contributed by atoms with Crippen molar-refractivity contribution in [3.8, 4) is 0 Å². The van der Waals surface area contributed by atoms with Crippen molar-refractivity contribution in [3.05, 3.63) is 47.8 Å². The summed E-state index contributed by atoms with van der Waals surface area (Å²) in [6.07, 6.45) is 4.27. The molecule has 0 radical (unpaired) electrons. The Morgan fingerprint density at radius 3 is 2.57 bits per heavy atom. The topological polar surface area (TPSA) is 120 Å². The predicted octanol–water partition coefficient (Wildman–Crippen LogP) is 2.16. The van der Waals surface area contributed by atoms with Crippen molar-refractivity contribution < 1.29 is 18.0 Å². The second-order valence-electron chi connectivity index (χ2n) is 6.00. The van der Waals surface area contributed by atoms with Gasteiger partial charge in [-0.2, -0.15) is 0 Å². The first-order chi connectivity index (χ1) is 13.3. The highest BCUT2D eigenvalue weighted by atomic mass is 32.2. The standard InChI is InChI=1S/C18H24N4O4S2/c1-4-13(14-6-5-9-20-14)21-17(23)11-12-7-8-15(27-3)16(10-12)28(25,26)22-18(24)19-2/h5-10,13,20H,4,11H2,1-3H3,(H,21,23)(H2,19,22,24). The predicted molar refractivity (Wildman–Crippen MR) is 109 cm³/mol. The number of rotatable bonds is 8. The first-order valence-corrected chi connectivity index (χ1v) is 11.4. The van der Waals surface area contributed by atoms with Gasteiger partial charge in [0.25, 0.3) is 10.0 Å². The van der Waals surface area contributed by atoms with Crippen LogP contribution in [0.3, 0.4) is 0 Å². The third kappa shape index (κ3) is 5.52. The molecule has 0 fully saturated rings. The minimum atomic E-state index is -4.06. The van der Waals surface area contributed by atoms with E-state index in [0.717, 1.165) is 5.69 Å². The largest absolute Gasteiger partial charge is 0.363 e. The summed E-state index contributed by atoms with van der Waals surface area (Å²) in [4.78, 5) is 27.4. The van der Waals surface area contributed by atoms with Gasteiger partial charge in [0.05, 0.1) is 12.5 Å². The van der Waals surface area contributed by atoms with Crippen molar-refractivity contribution in [2.75, 3.05) is 13.3 Å². The number of sulfonamides is 1. The van der Waals surface area contributed by atoms with E-state index in [9.17, 15) is 18.0 Å². The maximum Gasteiger partial charge on any atom is 0.328 e. The second-order valence-corrected chi connectivity index (χ2v) is 8.50. The highest BCUT2D eigenvalue weighted by Gasteiger charge is 2.22. The molecule has 1 atom stereocenters. The molecule has 1 heterocycles. The molecule has 0 saturated carbocycles. The van der Waals surface area contributed by atoms with Gasteiger partial charge < -0.3 is 15.6 Å². The van der Waals surface area contributed by atoms with Gasteiger partial charge in [-0.15, -0.1) is 11.8 Å². The van der Waals surface area contributed by atoms with Gasteiger partial charge in [0, 0.05) is 23.8 Å². The SMILES string of the molecule is CCC(NC(=O)Cc1ccc(SC)c(S(=O)(=O)NC(=O)NC)c1)c1ccc[nH]1. The number of nitrogens with one attached hydrogen (secondary N) is 4. The van der Waals surface area contributed by atoms with Gasteiger partial charge in [0.1, 0.15) is 4.90 Å². The Balaban J connectivity index is 2.20. The van der Waals surface area contributed by atoms with E-state index in [1.807, 2.05) is 23.8 Å². The summed E-state index contributed by atoms with van der Waals surface area (Å²) in [5.74, 6) is -0.221. The number of benzene rings is 1. The molecule has 4 N–H and O–H groups in total. The van der Waals surface area contributed by atoms with Gasteiger partial charge in [-0.05, 0) is 42.5 Å². The molecule has 0 bridgehead atoms. The summed E-state index contributed by atoms with van der Waals surface area (Å²) in [6, 6.07) is 7.55. The van der Waals surface area contributed by atoms with E-state index in [4.69, 9.17) is 0 Å². The Kier molecular flexibility index (Phi) is 7.53. The molecule has 152 valence electrons. The number of urea groups is 1. The van der Waals surface area contributed by atoms with Gasteiger partial charge in [0.2, 0.25) is 5.91 Å². The number of carbonyl (C=O) groups is 2. The molecule has 1 aromatic carbocycles. The van der Waals surface area contributed by atoms with E-state index in [2.05, 4.69) is 15.6 Å². The maximum atomic E-state index is 12.5. The molecule has 28 heavy (non-hydrogen) atoms. The maximum absolute atomic E-state index is 12.5. The zero-order chi connectivity index (χ0) is 20.7. The molecule has 2 aromatic rings. The van der Waals surface area contributed by atoms with Crippen molar-refractivity contribution in [1.82, 2.24) is 20.3 Å². The monoisotopic (exact) mass is 424 g/mol.